The average Bonchev–Trinajstić information content (AvgIpc) is 2.94. The van der Waals surface area contributed by atoms with E-state index in [1.165, 1.54) is 5.56 Å². The van der Waals surface area contributed by atoms with E-state index in [1.807, 2.05) is 32.0 Å². The Balaban J connectivity index is 1.95. The molecular formula is C20H28N2O2S. The van der Waals surface area contributed by atoms with Gasteiger partial charge in [0.25, 0.3) is 0 Å². The highest BCUT2D eigenvalue weighted by Gasteiger charge is 2.22. The maximum Gasteiger partial charge on any atom is 0.230 e. The van der Waals surface area contributed by atoms with Gasteiger partial charge in [0, 0.05) is 11.3 Å². The van der Waals surface area contributed by atoms with E-state index in [-0.39, 0.29) is 11.9 Å². The fourth-order valence-electron chi connectivity index (χ4n) is 3.06. The Morgan fingerprint density at radius 2 is 1.88 bits per heavy atom. The van der Waals surface area contributed by atoms with Crippen molar-refractivity contribution in [3.05, 3.63) is 52.9 Å². The van der Waals surface area contributed by atoms with E-state index in [2.05, 4.69) is 36.5 Å². The van der Waals surface area contributed by atoms with Crippen LogP contribution in [0.4, 0.5) is 0 Å². The Morgan fingerprint density at radius 1 is 1.20 bits per heavy atom. The lowest BCUT2D eigenvalue weighted by molar-refractivity contribution is -0.119. The average molecular weight is 361 g/mol. The predicted molar refractivity (Wildman–Crippen MR) is 104 cm³/mol. The summed E-state index contributed by atoms with van der Waals surface area (Å²) >= 11 is 1.60. The second-order valence-corrected chi connectivity index (χ2v) is 7.31. The van der Waals surface area contributed by atoms with Gasteiger partial charge in [-0.05, 0) is 25.3 Å². The summed E-state index contributed by atoms with van der Waals surface area (Å²) in [6, 6.07) is 10.3. The number of carbonyl (C=O) groups excluding carboxylic acids is 1. The molecule has 25 heavy (non-hydrogen) atoms. The minimum Gasteiger partial charge on any atom is -0.361 e. The Bertz CT molecular complexity index is 646. The Kier molecular flexibility index (Phi) is 7.56. The number of rotatable bonds is 9. The zero-order valence-corrected chi connectivity index (χ0v) is 16.4. The van der Waals surface area contributed by atoms with Gasteiger partial charge in [0.2, 0.25) is 5.91 Å². The van der Waals surface area contributed by atoms with Crippen LogP contribution in [0, 0.1) is 19.8 Å². The molecule has 2 aromatic rings. The van der Waals surface area contributed by atoms with Gasteiger partial charge < -0.3 is 9.84 Å². The van der Waals surface area contributed by atoms with Crippen molar-refractivity contribution in [3.8, 4) is 0 Å². The van der Waals surface area contributed by atoms with E-state index in [9.17, 15) is 4.79 Å². The maximum atomic E-state index is 12.5. The minimum atomic E-state index is 0.0726. The molecule has 0 saturated carbocycles. The molecule has 136 valence electrons. The zero-order chi connectivity index (χ0) is 18.2. The molecule has 0 fully saturated rings. The van der Waals surface area contributed by atoms with Crippen molar-refractivity contribution >= 4 is 17.7 Å². The molecular weight excluding hydrogens is 332 g/mol. The monoisotopic (exact) mass is 360 g/mol. The SMILES string of the molecule is CCC(CC)C(NC(=O)CSCc1c(C)noc1C)c1ccccc1. The van der Waals surface area contributed by atoms with E-state index in [0.29, 0.717) is 11.7 Å². The van der Waals surface area contributed by atoms with E-state index in [0.717, 1.165) is 35.6 Å². The molecule has 0 radical (unpaired) electrons. The summed E-state index contributed by atoms with van der Waals surface area (Å²) in [6.07, 6.45) is 2.09. The molecule has 1 heterocycles. The van der Waals surface area contributed by atoms with Crippen molar-refractivity contribution in [1.82, 2.24) is 10.5 Å². The topological polar surface area (TPSA) is 55.1 Å². The predicted octanol–water partition coefficient (Wildman–Crippen LogP) is 4.82. The van der Waals surface area contributed by atoms with E-state index < -0.39 is 0 Å². The third-order valence-electron chi connectivity index (χ3n) is 4.66. The van der Waals surface area contributed by atoms with Gasteiger partial charge in [-0.2, -0.15) is 0 Å². The van der Waals surface area contributed by atoms with Crippen LogP contribution in [0.2, 0.25) is 0 Å². The standard InChI is InChI=1S/C20H28N2O2S/c1-5-16(6-2)20(17-10-8-7-9-11-17)21-19(23)13-25-12-18-14(3)22-24-15(18)4/h7-11,16,20H,5-6,12-13H2,1-4H3,(H,21,23). The quantitative estimate of drug-likeness (QED) is 0.696. The molecule has 1 aromatic heterocycles. The number of aryl methyl sites for hydroxylation is 2. The summed E-state index contributed by atoms with van der Waals surface area (Å²) in [5.74, 6) is 2.55. The van der Waals surface area contributed by atoms with Gasteiger partial charge >= 0.3 is 0 Å². The number of aromatic nitrogens is 1. The molecule has 0 aliphatic heterocycles. The molecule has 1 aromatic carbocycles. The lowest BCUT2D eigenvalue weighted by atomic mass is 9.89. The van der Waals surface area contributed by atoms with Gasteiger partial charge in [-0.15, -0.1) is 11.8 Å². The molecule has 5 heteroatoms. The molecule has 2 rings (SSSR count). The summed E-state index contributed by atoms with van der Waals surface area (Å²) in [6.45, 7) is 8.21. The van der Waals surface area contributed by atoms with Crippen LogP contribution in [-0.2, 0) is 10.5 Å². The first-order valence-electron chi connectivity index (χ1n) is 8.90. The van der Waals surface area contributed by atoms with Crippen molar-refractivity contribution < 1.29 is 9.32 Å². The summed E-state index contributed by atoms with van der Waals surface area (Å²) in [4.78, 5) is 12.5. The lowest BCUT2D eigenvalue weighted by Crippen LogP contribution is -2.34. The smallest absolute Gasteiger partial charge is 0.230 e. The van der Waals surface area contributed by atoms with Crippen LogP contribution in [0.3, 0.4) is 0 Å². The molecule has 1 unspecified atom stereocenters. The van der Waals surface area contributed by atoms with Crippen LogP contribution in [0.15, 0.2) is 34.9 Å². The normalized spacial score (nSPS) is 12.4. The van der Waals surface area contributed by atoms with Crippen molar-refractivity contribution in [2.45, 2.75) is 52.3 Å². The van der Waals surface area contributed by atoms with Crippen LogP contribution in [0.25, 0.3) is 0 Å². The second kappa shape index (κ2) is 9.66. The number of nitrogens with zero attached hydrogens (tertiary/aromatic N) is 1. The molecule has 1 atom stereocenters. The van der Waals surface area contributed by atoms with Crippen LogP contribution in [0.1, 0.15) is 55.3 Å². The summed E-state index contributed by atoms with van der Waals surface area (Å²) in [5, 5.41) is 7.20. The van der Waals surface area contributed by atoms with Gasteiger partial charge in [-0.3, -0.25) is 4.79 Å². The zero-order valence-electron chi connectivity index (χ0n) is 15.5. The fraction of sp³-hybridized carbons (Fsp3) is 0.500. The summed E-state index contributed by atoms with van der Waals surface area (Å²) < 4.78 is 5.17. The van der Waals surface area contributed by atoms with E-state index in [1.54, 1.807) is 11.8 Å². The van der Waals surface area contributed by atoms with Gasteiger partial charge in [0.05, 0.1) is 17.5 Å². The maximum absolute atomic E-state index is 12.5. The van der Waals surface area contributed by atoms with Crippen LogP contribution in [-0.4, -0.2) is 16.8 Å². The Hall–Kier alpha value is -1.75. The van der Waals surface area contributed by atoms with Gasteiger partial charge in [-0.1, -0.05) is 62.2 Å². The lowest BCUT2D eigenvalue weighted by Gasteiger charge is -2.27. The number of nitrogens with one attached hydrogen (secondary N) is 1. The minimum absolute atomic E-state index is 0.0726. The Morgan fingerprint density at radius 3 is 2.44 bits per heavy atom. The molecule has 1 amide bonds. The number of thioether (sulfide) groups is 1. The summed E-state index contributed by atoms with van der Waals surface area (Å²) in [5.41, 5.74) is 3.18. The van der Waals surface area contributed by atoms with E-state index >= 15 is 0 Å². The highest BCUT2D eigenvalue weighted by Crippen LogP contribution is 2.27. The van der Waals surface area contributed by atoms with Gasteiger partial charge in [0.1, 0.15) is 5.76 Å². The van der Waals surface area contributed by atoms with E-state index in [4.69, 9.17) is 4.52 Å². The number of amides is 1. The molecule has 0 aliphatic rings. The second-order valence-electron chi connectivity index (χ2n) is 6.33. The van der Waals surface area contributed by atoms with Gasteiger partial charge in [-0.25, -0.2) is 0 Å². The first kappa shape index (κ1) is 19.6. The van der Waals surface area contributed by atoms with Crippen molar-refractivity contribution in [2.24, 2.45) is 5.92 Å². The molecule has 0 bridgehead atoms. The largest absolute Gasteiger partial charge is 0.361 e. The van der Waals surface area contributed by atoms with Crippen LogP contribution in [0.5, 0.6) is 0 Å². The first-order valence-corrected chi connectivity index (χ1v) is 10.1. The van der Waals surface area contributed by atoms with Crippen molar-refractivity contribution in [2.75, 3.05) is 5.75 Å². The highest BCUT2D eigenvalue weighted by molar-refractivity contribution is 7.99. The fourth-order valence-corrected chi connectivity index (χ4v) is 4.05. The van der Waals surface area contributed by atoms with Crippen LogP contribution < -0.4 is 5.32 Å². The van der Waals surface area contributed by atoms with Crippen LogP contribution >= 0.6 is 11.8 Å². The third-order valence-corrected chi connectivity index (χ3v) is 5.62. The number of carbonyl (C=O) groups is 1. The summed E-state index contributed by atoms with van der Waals surface area (Å²) in [7, 11) is 0. The van der Waals surface area contributed by atoms with Crippen molar-refractivity contribution in [3.63, 3.8) is 0 Å². The number of hydrogen-bond acceptors (Lipinski definition) is 4. The first-order chi connectivity index (χ1) is 12.1. The molecule has 0 saturated heterocycles. The Labute approximate surface area is 154 Å². The molecule has 0 spiro atoms. The molecule has 1 N–H and O–H groups in total. The van der Waals surface area contributed by atoms with Gasteiger partial charge in [0.15, 0.2) is 0 Å². The highest BCUT2D eigenvalue weighted by atomic mass is 32.2. The third kappa shape index (κ3) is 5.36. The molecule has 0 aliphatic carbocycles. The number of benzene rings is 1. The van der Waals surface area contributed by atoms with Crippen molar-refractivity contribution in [1.29, 1.82) is 0 Å². The number of hydrogen-bond donors (Lipinski definition) is 1. The molecule has 4 nitrogen and oxygen atoms in total.